The number of hydrogen-bond acceptors (Lipinski definition) is 5. The van der Waals surface area contributed by atoms with Gasteiger partial charge in [0.1, 0.15) is 0 Å². The van der Waals surface area contributed by atoms with Gasteiger partial charge in [0.2, 0.25) is 0 Å². The first-order valence-corrected chi connectivity index (χ1v) is 8.80. The molecule has 1 aromatic rings. The zero-order valence-corrected chi connectivity index (χ0v) is 15.2. The van der Waals surface area contributed by atoms with Crippen LogP contribution in [0.4, 0.5) is 5.13 Å². The van der Waals surface area contributed by atoms with Crippen LogP contribution < -0.4 is 10.2 Å². The molecule has 1 aromatic heterocycles. The van der Waals surface area contributed by atoms with Crippen LogP contribution in [0.5, 0.6) is 0 Å². The number of nitrogens with zero attached hydrogens (tertiary/aromatic N) is 3. The van der Waals surface area contributed by atoms with Crippen molar-refractivity contribution in [1.82, 2.24) is 15.2 Å². The van der Waals surface area contributed by atoms with Gasteiger partial charge in [-0.15, -0.1) is 11.3 Å². The molecule has 1 heterocycles. The maximum absolute atomic E-state index is 4.80. The summed E-state index contributed by atoms with van der Waals surface area (Å²) < 4.78 is 0. The Hall–Kier alpha value is -0.650. The van der Waals surface area contributed by atoms with Gasteiger partial charge in [0.15, 0.2) is 5.13 Å². The zero-order chi connectivity index (χ0) is 15.6. The predicted octanol–water partition coefficient (Wildman–Crippen LogP) is 3.04. The smallest absolute Gasteiger partial charge is 0.185 e. The fourth-order valence-electron chi connectivity index (χ4n) is 3.20. The summed E-state index contributed by atoms with van der Waals surface area (Å²) >= 11 is 1.84. The molecule has 21 heavy (non-hydrogen) atoms. The Bertz CT molecular complexity index is 465. The molecule has 0 bridgehead atoms. The van der Waals surface area contributed by atoms with Gasteiger partial charge in [-0.25, -0.2) is 4.98 Å². The van der Waals surface area contributed by atoms with E-state index in [2.05, 4.69) is 57.0 Å². The third-order valence-corrected chi connectivity index (χ3v) is 6.27. The number of hydrogen-bond donors (Lipinski definition) is 1. The van der Waals surface area contributed by atoms with Gasteiger partial charge < -0.3 is 15.1 Å². The number of thiazole rings is 1. The van der Waals surface area contributed by atoms with Gasteiger partial charge in [-0.3, -0.25) is 0 Å². The number of rotatable bonds is 7. The number of aromatic nitrogens is 1. The largest absolute Gasteiger partial charge is 0.349 e. The molecule has 0 saturated heterocycles. The standard InChI is InChI=1S/C16H30N4S/c1-7-17-12(2)14-13(3)18-15(21-14)20(6)11-16(19(4)5)9-8-10-16/h12,17H,7-11H2,1-6H3. The van der Waals surface area contributed by atoms with E-state index in [1.165, 1.54) is 29.8 Å². The zero-order valence-electron chi connectivity index (χ0n) is 14.4. The lowest BCUT2D eigenvalue weighted by Crippen LogP contribution is -2.56. The van der Waals surface area contributed by atoms with Crippen molar-refractivity contribution < 1.29 is 0 Å². The highest BCUT2D eigenvalue weighted by Crippen LogP contribution is 2.38. The third kappa shape index (κ3) is 3.41. The van der Waals surface area contributed by atoms with Crippen molar-refractivity contribution in [3.8, 4) is 0 Å². The average molecular weight is 311 g/mol. The quantitative estimate of drug-likeness (QED) is 0.839. The fraction of sp³-hybridized carbons (Fsp3) is 0.812. The van der Waals surface area contributed by atoms with Crippen molar-refractivity contribution in [1.29, 1.82) is 0 Å². The molecule has 0 amide bonds. The maximum Gasteiger partial charge on any atom is 0.185 e. The van der Waals surface area contributed by atoms with Crippen LogP contribution in [0.15, 0.2) is 0 Å². The van der Waals surface area contributed by atoms with Gasteiger partial charge in [-0.2, -0.15) is 0 Å². The highest BCUT2D eigenvalue weighted by Gasteiger charge is 2.40. The Morgan fingerprint density at radius 1 is 1.33 bits per heavy atom. The van der Waals surface area contributed by atoms with Gasteiger partial charge in [0.25, 0.3) is 0 Å². The first kappa shape index (κ1) is 16.7. The second-order valence-electron chi connectivity index (χ2n) is 6.55. The van der Waals surface area contributed by atoms with Crippen LogP contribution in [0.2, 0.25) is 0 Å². The lowest BCUT2D eigenvalue weighted by molar-refractivity contribution is 0.0683. The summed E-state index contributed by atoms with van der Waals surface area (Å²) in [5.41, 5.74) is 1.52. The van der Waals surface area contributed by atoms with Crippen LogP contribution in [0.1, 0.15) is 49.7 Å². The number of nitrogens with one attached hydrogen (secondary N) is 1. The third-order valence-electron chi connectivity index (χ3n) is 4.82. The number of likely N-dealkylation sites (N-methyl/N-ethyl adjacent to an activating group) is 2. The summed E-state index contributed by atoms with van der Waals surface area (Å²) in [6.45, 7) is 8.57. The second kappa shape index (κ2) is 6.63. The molecule has 0 aliphatic heterocycles. The Morgan fingerprint density at radius 3 is 2.48 bits per heavy atom. The van der Waals surface area contributed by atoms with Gasteiger partial charge >= 0.3 is 0 Å². The summed E-state index contributed by atoms with van der Waals surface area (Å²) in [4.78, 5) is 10.9. The van der Waals surface area contributed by atoms with E-state index in [1.807, 2.05) is 11.3 Å². The number of aryl methyl sites for hydroxylation is 1. The van der Waals surface area contributed by atoms with Gasteiger partial charge in [0.05, 0.1) is 5.69 Å². The van der Waals surface area contributed by atoms with Gasteiger partial charge in [0, 0.05) is 30.1 Å². The molecular formula is C16H30N4S. The van der Waals surface area contributed by atoms with Crippen LogP contribution in [-0.2, 0) is 0 Å². The summed E-state index contributed by atoms with van der Waals surface area (Å²) in [7, 11) is 6.60. The minimum absolute atomic E-state index is 0.349. The van der Waals surface area contributed by atoms with Gasteiger partial charge in [-0.05, 0) is 53.8 Å². The molecule has 4 nitrogen and oxygen atoms in total. The van der Waals surface area contributed by atoms with E-state index >= 15 is 0 Å². The van der Waals surface area contributed by atoms with Crippen molar-refractivity contribution in [2.45, 2.75) is 51.6 Å². The Morgan fingerprint density at radius 2 is 2.00 bits per heavy atom. The van der Waals surface area contributed by atoms with E-state index < -0.39 is 0 Å². The predicted molar refractivity (Wildman–Crippen MR) is 92.5 cm³/mol. The van der Waals surface area contributed by atoms with E-state index in [0.717, 1.165) is 18.2 Å². The highest BCUT2D eigenvalue weighted by molar-refractivity contribution is 7.15. The van der Waals surface area contributed by atoms with Crippen molar-refractivity contribution in [2.75, 3.05) is 39.1 Å². The molecule has 1 aliphatic rings. The minimum Gasteiger partial charge on any atom is -0.349 e. The first-order chi connectivity index (χ1) is 9.89. The van der Waals surface area contributed by atoms with Crippen molar-refractivity contribution in [2.24, 2.45) is 0 Å². The molecule has 2 rings (SSSR count). The Labute approximate surface area is 133 Å². The molecule has 0 spiro atoms. The van der Waals surface area contributed by atoms with E-state index in [0.29, 0.717) is 11.6 Å². The van der Waals surface area contributed by atoms with Crippen LogP contribution in [0.3, 0.4) is 0 Å². The van der Waals surface area contributed by atoms with Crippen LogP contribution >= 0.6 is 11.3 Å². The summed E-state index contributed by atoms with van der Waals surface area (Å²) in [6.07, 6.45) is 3.95. The van der Waals surface area contributed by atoms with E-state index in [9.17, 15) is 0 Å². The molecule has 0 radical (unpaired) electrons. The summed E-state index contributed by atoms with van der Waals surface area (Å²) in [5, 5.41) is 4.64. The molecule has 1 N–H and O–H groups in total. The van der Waals surface area contributed by atoms with E-state index in [1.54, 1.807) is 0 Å². The summed E-state index contributed by atoms with van der Waals surface area (Å²) in [6, 6.07) is 0.390. The first-order valence-electron chi connectivity index (χ1n) is 7.99. The molecule has 1 aliphatic carbocycles. The minimum atomic E-state index is 0.349. The van der Waals surface area contributed by atoms with Crippen molar-refractivity contribution in [3.63, 3.8) is 0 Å². The van der Waals surface area contributed by atoms with Crippen LogP contribution in [0.25, 0.3) is 0 Å². The molecule has 1 unspecified atom stereocenters. The number of anilines is 1. The fourth-order valence-corrected chi connectivity index (χ4v) is 4.25. The molecule has 5 heteroatoms. The molecule has 1 atom stereocenters. The lowest BCUT2D eigenvalue weighted by atomic mass is 9.75. The summed E-state index contributed by atoms with van der Waals surface area (Å²) in [5.74, 6) is 0. The van der Waals surface area contributed by atoms with Crippen LogP contribution in [-0.4, -0.2) is 49.7 Å². The second-order valence-corrected chi connectivity index (χ2v) is 7.56. The molecule has 0 aromatic carbocycles. The van der Waals surface area contributed by atoms with E-state index in [4.69, 9.17) is 4.98 Å². The molecular weight excluding hydrogens is 280 g/mol. The van der Waals surface area contributed by atoms with Crippen molar-refractivity contribution >= 4 is 16.5 Å². The van der Waals surface area contributed by atoms with Gasteiger partial charge in [-0.1, -0.05) is 6.92 Å². The normalized spacial score (nSPS) is 18.6. The maximum atomic E-state index is 4.80. The van der Waals surface area contributed by atoms with Crippen LogP contribution in [0, 0.1) is 6.92 Å². The average Bonchev–Trinajstić information content (AvgIpc) is 2.75. The molecule has 1 saturated carbocycles. The molecule has 120 valence electrons. The highest BCUT2D eigenvalue weighted by atomic mass is 32.1. The van der Waals surface area contributed by atoms with Crippen molar-refractivity contribution in [3.05, 3.63) is 10.6 Å². The molecule has 1 fully saturated rings. The Balaban J connectivity index is 2.09. The Kier molecular flexibility index (Phi) is 5.28. The topological polar surface area (TPSA) is 31.4 Å². The lowest BCUT2D eigenvalue weighted by Gasteiger charge is -2.49. The SMILES string of the molecule is CCNC(C)c1sc(N(C)CC2(N(C)C)CCC2)nc1C. The van der Waals surface area contributed by atoms with E-state index in [-0.39, 0.29) is 0 Å². The monoisotopic (exact) mass is 310 g/mol.